The summed E-state index contributed by atoms with van der Waals surface area (Å²) in [6, 6.07) is 0. The van der Waals surface area contributed by atoms with Crippen LogP contribution < -0.4 is 0 Å². The standard InChI is InChI=1S/C14H24N2O3S/c1-20(18,19)12-11-15-7-9-16(10-8-15)14(17)13-5-3-2-4-6-13/h2-3,13H,4-12H2,1H3. The van der Waals surface area contributed by atoms with Crippen molar-refractivity contribution >= 4 is 15.7 Å². The largest absolute Gasteiger partial charge is 0.340 e. The summed E-state index contributed by atoms with van der Waals surface area (Å²) >= 11 is 0. The molecule has 1 atom stereocenters. The summed E-state index contributed by atoms with van der Waals surface area (Å²) in [6.07, 6.45) is 8.35. The van der Waals surface area contributed by atoms with Crippen molar-refractivity contribution in [3.05, 3.63) is 12.2 Å². The molecule has 2 aliphatic rings. The van der Waals surface area contributed by atoms with Crippen LogP contribution in [0.5, 0.6) is 0 Å². The third kappa shape index (κ3) is 4.59. The summed E-state index contributed by atoms with van der Waals surface area (Å²) in [5, 5.41) is 0. The van der Waals surface area contributed by atoms with Gasteiger partial charge in [-0.3, -0.25) is 9.69 Å². The second-order valence-corrected chi connectivity index (χ2v) is 8.04. The Morgan fingerprint density at radius 2 is 1.90 bits per heavy atom. The van der Waals surface area contributed by atoms with E-state index < -0.39 is 9.84 Å². The maximum Gasteiger partial charge on any atom is 0.226 e. The number of rotatable bonds is 4. The molecular formula is C14H24N2O3S. The maximum atomic E-state index is 12.4. The van der Waals surface area contributed by atoms with Gasteiger partial charge in [0.15, 0.2) is 0 Å². The number of carbonyl (C=O) groups is 1. The average molecular weight is 300 g/mol. The molecule has 6 heteroatoms. The fraction of sp³-hybridized carbons (Fsp3) is 0.786. The lowest BCUT2D eigenvalue weighted by molar-refractivity contribution is -0.137. The van der Waals surface area contributed by atoms with Gasteiger partial charge in [-0.2, -0.15) is 0 Å². The number of piperazine rings is 1. The van der Waals surface area contributed by atoms with Crippen LogP contribution >= 0.6 is 0 Å². The number of hydrogen-bond donors (Lipinski definition) is 0. The normalized spacial score (nSPS) is 24.9. The summed E-state index contributed by atoms with van der Waals surface area (Å²) in [4.78, 5) is 16.4. The predicted molar refractivity (Wildman–Crippen MR) is 79.2 cm³/mol. The van der Waals surface area contributed by atoms with Gasteiger partial charge in [-0.15, -0.1) is 0 Å². The molecule has 1 heterocycles. The van der Waals surface area contributed by atoms with Crippen molar-refractivity contribution < 1.29 is 13.2 Å². The SMILES string of the molecule is CS(=O)(=O)CCN1CCN(C(=O)C2CC=CCC2)CC1. The summed E-state index contributed by atoms with van der Waals surface area (Å²) in [7, 11) is -2.90. The van der Waals surface area contributed by atoms with Crippen LogP contribution in [0.4, 0.5) is 0 Å². The van der Waals surface area contributed by atoms with Crippen molar-refractivity contribution in [1.82, 2.24) is 9.80 Å². The Morgan fingerprint density at radius 1 is 1.20 bits per heavy atom. The minimum absolute atomic E-state index is 0.155. The Hall–Kier alpha value is -0.880. The van der Waals surface area contributed by atoms with Crippen molar-refractivity contribution in [3.8, 4) is 0 Å². The third-order valence-electron chi connectivity index (χ3n) is 4.08. The summed E-state index contributed by atoms with van der Waals surface area (Å²) in [5.41, 5.74) is 0. The minimum atomic E-state index is -2.90. The molecule has 0 N–H and O–H groups in total. The topological polar surface area (TPSA) is 57.7 Å². The summed E-state index contributed by atoms with van der Waals surface area (Å²) in [6.45, 7) is 3.59. The first-order valence-corrected chi connectivity index (χ1v) is 9.35. The molecule has 0 aromatic heterocycles. The highest BCUT2D eigenvalue weighted by Crippen LogP contribution is 2.21. The molecule has 20 heavy (non-hydrogen) atoms. The zero-order valence-electron chi connectivity index (χ0n) is 12.1. The number of nitrogens with zero attached hydrogens (tertiary/aromatic N) is 2. The van der Waals surface area contributed by atoms with Crippen molar-refractivity contribution in [1.29, 1.82) is 0 Å². The number of amides is 1. The number of hydrogen-bond acceptors (Lipinski definition) is 4. The molecule has 0 spiro atoms. The minimum Gasteiger partial charge on any atom is -0.340 e. The van der Waals surface area contributed by atoms with Crippen LogP contribution in [0, 0.1) is 5.92 Å². The van der Waals surface area contributed by atoms with Crippen LogP contribution in [-0.4, -0.2) is 68.9 Å². The van der Waals surface area contributed by atoms with E-state index in [2.05, 4.69) is 17.1 Å². The number of sulfone groups is 1. The maximum absolute atomic E-state index is 12.4. The van der Waals surface area contributed by atoms with Gasteiger partial charge in [-0.05, 0) is 19.3 Å². The summed E-state index contributed by atoms with van der Waals surface area (Å²) in [5.74, 6) is 0.633. The van der Waals surface area contributed by atoms with E-state index in [0.29, 0.717) is 6.54 Å². The predicted octanol–water partition coefficient (Wildman–Crippen LogP) is 0.532. The highest BCUT2D eigenvalue weighted by Gasteiger charge is 2.27. The average Bonchev–Trinajstić information content (AvgIpc) is 2.45. The van der Waals surface area contributed by atoms with E-state index in [1.54, 1.807) is 0 Å². The Bertz CT molecular complexity index is 465. The van der Waals surface area contributed by atoms with Crippen LogP contribution in [0.3, 0.4) is 0 Å². The van der Waals surface area contributed by atoms with Crippen molar-refractivity contribution in [2.24, 2.45) is 5.92 Å². The fourth-order valence-corrected chi connectivity index (χ4v) is 3.35. The lowest BCUT2D eigenvalue weighted by Gasteiger charge is -2.36. The van der Waals surface area contributed by atoms with E-state index in [-0.39, 0.29) is 17.6 Å². The Kier molecular flexibility index (Phi) is 5.21. The van der Waals surface area contributed by atoms with Crippen molar-refractivity contribution in [2.45, 2.75) is 19.3 Å². The highest BCUT2D eigenvalue weighted by molar-refractivity contribution is 7.90. The molecule has 0 saturated carbocycles. The monoisotopic (exact) mass is 300 g/mol. The van der Waals surface area contributed by atoms with E-state index in [4.69, 9.17) is 0 Å². The number of allylic oxidation sites excluding steroid dienone is 2. The van der Waals surface area contributed by atoms with Gasteiger partial charge in [0.1, 0.15) is 9.84 Å². The van der Waals surface area contributed by atoms with E-state index >= 15 is 0 Å². The molecule has 114 valence electrons. The molecule has 1 saturated heterocycles. The zero-order valence-corrected chi connectivity index (χ0v) is 12.9. The fourth-order valence-electron chi connectivity index (χ4n) is 2.76. The molecule has 1 unspecified atom stereocenters. The molecule has 0 radical (unpaired) electrons. The number of carbonyl (C=O) groups excluding carboxylic acids is 1. The summed E-state index contributed by atoms with van der Waals surface area (Å²) < 4.78 is 22.3. The highest BCUT2D eigenvalue weighted by atomic mass is 32.2. The van der Waals surface area contributed by atoms with Gasteiger partial charge in [0, 0.05) is 44.9 Å². The molecule has 1 fully saturated rings. The van der Waals surface area contributed by atoms with Crippen LogP contribution in [0.1, 0.15) is 19.3 Å². The molecule has 2 rings (SSSR count). The van der Waals surface area contributed by atoms with E-state index in [0.717, 1.165) is 45.4 Å². The Morgan fingerprint density at radius 3 is 2.45 bits per heavy atom. The lowest BCUT2D eigenvalue weighted by atomic mass is 9.93. The van der Waals surface area contributed by atoms with Gasteiger partial charge in [0.2, 0.25) is 5.91 Å². The first kappa shape index (κ1) is 15.5. The van der Waals surface area contributed by atoms with Crippen LogP contribution in [0.2, 0.25) is 0 Å². The van der Waals surface area contributed by atoms with Crippen molar-refractivity contribution in [3.63, 3.8) is 0 Å². The van der Waals surface area contributed by atoms with E-state index in [1.165, 1.54) is 6.26 Å². The van der Waals surface area contributed by atoms with Crippen LogP contribution in [0.25, 0.3) is 0 Å². The molecule has 1 aliphatic heterocycles. The lowest BCUT2D eigenvalue weighted by Crippen LogP contribution is -2.51. The molecular weight excluding hydrogens is 276 g/mol. The van der Waals surface area contributed by atoms with E-state index in [1.807, 2.05) is 4.90 Å². The van der Waals surface area contributed by atoms with Gasteiger partial charge in [0.05, 0.1) is 5.75 Å². The third-order valence-corrected chi connectivity index (χ3v) is 5.00. The molecule has 0 aromatic carbocycles. The molecule has 5 nitrogen and oxygen atoms in total. The first-order chi connectivity index (χ1) is 9.46. The quantitative estimate of drug-likeness (QED) is 0.711. The molecule has 0 bridgehead atoms. The molecule has 1 amide bonds. The Balaban J connectivity index is 1.76. The first-order valence-electron chi connectivity index (χ1n) is 7.29. The zero-order chi connectivity index (χ0) is 14.6. The van der Waals surface area contributed by atoms with Gasteiger partial charge in [-0.1, -0.05) is 12.2 Å². The van der Waals surface area contributed by atoms with Gasteiger partial charge in [0.25, 0.3) is 0 Å². The molecule has 1 aliphatic carbocycles. The van der Waals surface area contributed by atoms with E-state index in [9.17, 15) is 13.2 Å². The van der Waals surface area contributed by atoms with Gasteiger partial charge >= 0.3 is 0 Å². The van der Waals surface area contributed by atoms with Crippen molar-refractivity contribution in [2.75, 3.05) is 44.7 Å². The Labute approximate surface area is 121 Å². The smallest absolute Gasteiger partial charge is 0.226 e. The van der Waals surface area contributed by atoms with Gasteiger partial charge in [-0.25, -0.2) is 8.42 Å². The second kappa shape index (κ2) is 6.72. The van der Waals surface area contributed by atoms with Crippen LogP contribution in [0.15, 0.2) is 12.2 Å². The second-order valence-electron chi connectivity index (χ2n) is 5.78. The van der Waals surface area contributed by atoms with Gasteiger partial charge < -0.3 is 4.90 Å². The molecule has 0 aromatic rings. The van der Waals surface area contributed by atoms with Crippen LogP contribution in [-0.2, 0) is 14.6 Å².